The molecular weight excluding hydrogens is 356 g/mol. The Labute approximate surface area is 163 Å². The lowest BCUT2D eigenvalue weighted by atomic mass is 10.1. The molecule has 0 radical (unpaired) electrons. The zero-order valence-corrected chi connectivity index (χ0v) is 16.2. The predicted molar refractivity (Wildman–Crippen MR) is 108 cm³/mol. The van der Waals surface area contributed by atoms with E-state index >= 15 is 0 Å². The molecule has 3 aromatic rings. The molecule has 3 aromatic heterocycles. The summed E-state index contributed by atoms with van der Waals surface area (Å²) in [5.74, 6) is 0.637. The molecule has 1 saturated heterocycles. The van der Waals surface area contributed by atoms with Gasteiger partial charge in [0.15, 0.2) is 5.65 Å². The van der Waals surface area contributed by atoms with Gasteiger partial charge >= 0.3 is 5.97 Å². The van der Waals surface area contributed by atoms with Crippen LogP contribution in [0.3, 0.4) is 0 Å². The number of fused-ring (bicyclic) bond motifs is 1. The average molecular weight is 380 g/mol. The first-order valence-corrected chi connectivity index (χ1v) is 9.57. The highest BCUT2D eigenvalue weighted by Crippen LogP contribution is 2.31. The van der Waals surface area contributed by atoms with Gasteiger partial charge in [0.2, 0.25) is 0 Å². The number of aromatic nitrogens is 4. The maximum Gasteiger partial charge on any atom is 0.341 e. The first-order chi connectivity index (χ1) is 13.7. The van der Waals surface area contributed by atoms with Gasteiger partial charge < -0.3 is 14.5 Å². The Kier molecular flexibility index (Phi) is 5.10. The molecule has 28 heavy (non-hydrogen) atoms. The first kappa shape index (κ1) is 18.2. The van der Waals surface area contributed by atoms with Crippen LogP contribution in [0.15, 0.2) is 36.8 Å². The van der Waals surface area contributed by atoms with Crippen LogP contribution in [-0.2, 0) is 11.8 Å². The number of esters is 1. The summed E-state index contributed by atoms with van der Waals surface area (Å²) < 4.78 is 7.01. The van der Waals surface area contributed by atoms with Crippen molar-refractivity contribution >= 4 is 28.5 Å². The molecule has 0 bridgehead atoms. The molecule has 8 nitrogen and oxygen atoms in total. The zero-order chi connectivity index (χ0) is 19.5. The van der Waals surface area contributed by atoms with Gasteiger partial charge in [-0.25, -0.2) is 14.8 Å². The minimum atomic E-state index is -0.346. The molecular formula is C20H24N6O2. The second-order valence-electron chi connectivity index (χ2n) is 6.76. The van der Waals surface area contributed by atoms with E-state index in [4.69, 9.17) is 4.74 Å². The molecule has 0 aliphatic carbocycles. The number of rotatable bonds is 4. The van der Waals surface area contributed by atoms with E-state index in [1.165, 1.54) is 0 Å². The highest BCUT2D eigenvalue weighted by molar-refractivity contribution is 6.04. The Bertz CT molecular complexity index is 971. The van der Waals surface area contributed by atoms with Crippen molar-refractivity contribution < 1.29 is 9.53 Å². The minimum absolute atomic E-state index is 0.330. The van der Waals surface area contributed by atoms with Gasteiger partial charge in [0.25, 0.3) is 0 Å². The van der Waals surface area contributed by atoms with Crippen molar-refractivity contribution in [3.05, 3.63) is 42.4 Å². The quantitative estimate of drug-likeness (QED) is 0.643. The van der Waals surface area contributed by atoms with Crippen LogP contribution in [-0.4, -0.2) is 58.5 Å². The fourth-order valence-corrected chi connectivity index (χ4v) is 3.69. The molecule has 4 heterocycles. The number of anilines is 2. The van der Waals surface area contributed by atoms with Crippen LogP contribution in [0.1, 0.15) is 23.7 Å². The Balaban J connectivity index is 1.69. The smallest absolute Gasteiger partial charge is 0.341 e. The van der Waals surface area contributed by atoms with E-state index in [1.54, 1.807) is 17.1 Å². The first-order valence-electron chi connectivity index (χ1n) is 9.57. The summed E-state index contributed by atoms with van der Waals surface area (Å²) in [5, 5.41) is 5.21. The summed E-state index contributed by atoms with van der Waals surface area (Å²) >= 11 is 0. The number of carbonyl (C=O) groups is 1. The van der Waals surface area contributed by atoms with Crippen molar-refractivity contribution in [2.75, 3.05) is 42.6 Å². The van der Waals surface area contributed by atoms with E-state index in [2.05, 4.69) is 24.9 Å². The number of aryl methyl sites for hydroxylation is 1. The molecule has 0 N–H and O–H groups in total. The molecule has 0 atom stereocenters. The molecule has 0 amide bonds. The summed E-state index contributed by atoms with van der Waals surface area (Å²) in [7, 11) is 1.86. The molecule has 0 spiro atoms. The number of carbonyl (C=O) groups excluding carboxylic acids is 1. The second-order valence-corrected chi connectivity index (χ2v) is 6.76. The van der Waals surface area contributed by atoms with Crippen LogP contribution in [0, 0.1) is 0 Å². The van der Waals surface area contributed by atoms with Crippen LogP contribution < -0.4 is 9.80 Å². The van der Waals surface area contributed by atoms with Gasteiger partial charge in [0.1, 0.15) is 11.4 Å². The van der Waals surface area contributed by atoms with Gasteiger partial charge in [-0.3, -0.25) is 4.68 Å². The largest absolute Gasteiger partial charge is 0.462 e. The molecule has 1 fully saturated rings. The molecule has 1 aliphatic rings. The fraction of sp³-hybridized carbons (Fsp3) is 0.400. The number of pyridine rings is 2. The molecule has 146 valence electrons. The summed E-state index contributed by atoms with van der Waals surface area (Å²) in [4.78, 5) is 26.0. The van der Waals surface area contributed by atoms with Gasteiger partial charge in [-0.2, -0.15) is 5.10 Å². The lowest BCUT2D eigenvalue weighted by Gasteiger charge is -2.26. The highest BCUT2D eigenvalue weighted by Gasteiger charge is 2.25. The number of hydrogen-bond acceptors (Lipinski definition) is 7. The minimum Gasteiger partial charge on any atom is -0.462 e. The summed E-state index contributed by atoms with van der Waals surface area (Å²) in [6.07, 6.45) is 6.17. The summed E-state index contributed by atoms with van der Waals surface area (Å²) in [6, 6.07) is 5.96. The van der Waals surface area contributed by atoms with Gasteiger partial charge in [0.05, 0.1) is 23.9 Å². The summed E-state index contributed by atoms with van der Waals surface area (Å²) in [6.45, 7) is 5.49. The van der Waals surface area contributed by atoms with E-state index in [0.29, 0.717) is 12.2 Å². The van der Waals surface area contributed by atoms with Crippen molar-refractivity contribution in [3.63, 3.8) is 0 Å². The van der Waals surface area contributed by atoms with Crippen LogP contribution in [0.2, 0.25) is 0 Å². The molecule has 0 aromatic carbocycles. The van der Waals surface area contributed by atoms with E-state index in [-0.39, 0.29) is 5.97 Å². The number of hydrogen-bond donors (Lipinski definition) is 0. The third-order valence-electron chi connectivity index (χ3n) is 5.01. The lowest BCUT2D eigenvalue weighted by Crippen LogP contribution is -2.32. The third kappa shape index (κ3) is 3.37. The van der Waals surface area contributed by atoms with E-state index < -0.39 is 0 Å². The van der Waals surface area contributed by atoms with Crippen molar-refractivity contribution in [1.82, 2.24) is 19.7 Å². The Hall–Kier alpha value is -3.16. The number of ether oxygens (including phenoxy) is 1. The fourth-order valence-electron chi connectivity index (χ4n) is 3.69. The monoisotopic (exact) mass is 380 g/mol. The van der Waals surface area contributed by atoms with Crippen molar-refractivity contribution in [3.8, 4) is 0 Å². The van der Waals surface area contributed by atoms with Gasteiger partial charge in [0, 0.05) is 45.6 Å². The average Bonchev–Trinajstić information content (AvgIpc) is 2.94. The van der Waals surface area contributed by atoms with E-state index in [0.717, 1.165) is 55.1 Å². The van der Waals surface area contributed by atoms with Gasteiger partial charge in [-0.05, 0) is 25.5 Å². The third-order valence-corrected chi connectivity index (χ3v) is 5.01. The predicted octanol–water partition coefficient (Wildman–Crippen LogP) is 2.26. The Morgan fingerprint density at radius 2 is 1.93 bits per heavy atom. The Morgan fingerprint density at radius 1 is 1.11 bits per heavy atom. The van der Waals surface area contributed by atoms with Crippen molar-refractivity contribution in [2.24, 2.45) is 7.05 Å². The van der Waals surface area contributed by atoms with Crippen LogP contribution >= 0.6 is 0 Å². The molecule has 1 aliphatic heterocycles. The van der Waals surface area contributed by atoms with Crippen LogP contribution in [0.4, 0.5) is 11.5 Å². The topological polar surface area (TPSA) is 76.4 Å². The highest BCUT2D eigenvalue weighted by atomic mass is 16.5. The van der Waals surface area contributed by atoms with Gasteiger partial charge in [-0.1, -0.05) is 6.07 Å². The second kappa shape index (κ2) is 7.84. The summed E-state index contributed by atoms with van der Waals surface area (Å²) in [5.41, 5.74) is 2.11. The molecule has 0 unspecified atom stereocenters. The zero-order valence-electron chi connectivity index (χ0n) is 16.2. The maximum atomic E-state index is 12.6. The SMILES string of the molecule is CCOC(=O)c1cnc2c(cnn2C)c1N1CCCN(c2ccccn2)CC1. The maximum absolute atomic E-state index is 12.6. The standard InChI is InChI=1S/C20H24N6O2/c1-3-28-20(27)16-13-22-19-15(14-23-24(19)2)18(16)26-10-6-9-25(11-12-26)17-7-4-5-8-21-17/h4-5,7-8,13-14H,3,6,9-12H2,1-2H3. The normalized spacial score (nSPS) is 14.9. The van der Waals surface area contributed by atoms with Crippen molar-refractivity contribution in [1.29, 1.82) is 0 Å². The van der Waals surface area contributed by atoms with E-state index in [1.807, 2.05) is 38.4 Å². The Morgan fingerprint density at radius 3 is 2.71 bits per heavy atom. The lowest BCUT2D eigenvalue weighted by molar-refractivity contribution is 0.0527. The molecule has 8 heteroatoms. The van der Waals surface area contributed by atoms with Gasteiger partial charge in [-0.15, -0.1) is 0 Å². The molecule has 0 saturated carbocycles. The van der Waals surface area contributed by atoms with Crippen LogP contribution in [0.5, 0.6) is 0 Å². The molecule has 4 rings (SSSR count). The van der Waals surface area contributed by atoms with Crippen LogP contribution in [0.25, 0.3) is 11.0 Å². The van der Waals surface area contributed by atoms with Crippen molar-refractivity contribution in [2.45, 2.75) is 13.3 Å². The number of nitrogens with zero attached hydrogens (tertiary/aromatic N) is 6. The van der Waals surface area contributed by atoms with E-state index in [9.17, 15) is 4.79 Å².